The van der Waals surface area contributed by atoms with Crippen LogP contribution in [0.4, 0.5) is 0 Å². The van der Waals surface area contributed by atoms with Crippen molar-refractivity contribution in [2.45, 2.75) is 33.1 Å². The zero-order valence-corrected chi connectivity index (χ0v) is 32.0. The van der Waals surface area contributed by atoms with E-state index in [1.807, 2.05) is 0 Å². The van der Waals surface area contributed by atoms with Gasteiger partial charge in [-0.3, -0.25) is 37.9 Å². The average Bonchev–Trinajstić information content (AvgIpc) is 3.58. The summed E-state index contributed by atoms with van der Waals surface area (Å²) < 4.78 is 2.97. The number of aromatic hydroxyl groups is 2. The first-order chi connectivity index (χ1) is 27.0. The molecule has 6 aromatic rings. The van der Waals surface area contributed by atoms with Crippen LogP contribution in [0.5, 0.6) is 11.5 Å². The quantitative estimate of drug-likeness (QED) is 0.0914. The third kappa shape index (κ3) is 9.79. The van der Waals surface area contributed by atoms with Gasteiger partial charge in [-0.05, 0) is 110 Å². The van der Waals surface area contributed by atoms with Gasteiger partial charge in [-0.1, -0.05) is 23.2 Å². The molecule has 6 N–H and O–H groups in total. The lowest BCUT2D eigenvalue weighted by atomic mass is 10.1. The summed E-state index contributed by atoms with van der Waals surface area (Å²) in [5, 5.41) is 44.2. The molecule has 14 nitrogen and oxygen atoms in total. The van der Waals surface area contributed by atoms with Crippen LogP contribution in [0.15, 0.2) is 84.9 Å². The molecule has 0 aliphatic carbocycles. The predicted octanol–water partition coefficient (Wildman–Crippen LogP) is 5.87. The fourth-order valence-corrected chi connectivity index (χ4v) is 6.54. The molecule has 294 valence electrons. The Bertz CT molecular complexity index is 2540. The maximum Gasteiger partial charge on any atom is 0.322 e. The van der Waals surface area contributed by atoms with Crippen molar-refractivity contribution in [3.05, 3.63) is 129 Å². The highest BCUT2D eigenvalue weighted by Crippen LogP contribution is 2.32. The van der Waals surface area contributed by atoms with Gasteiger partial charge in [-0.15, -0.1) is 0 Å². The zero-order chi connectivity index (χ0) is 41.6. The van der Waals surface area contributed by atoms with Crippen LogP contribution in [0.3, 0.4) is 0 Å². The lowest BCUT2D eigenvalue weighted by Crippen LogP contribution is -2.30. The number of aliphatic carboxylic acids is 2. The third-order valence-corrected chi connectivity index (χ3v) is 9.50. The number of rotatable bonds is 11. The predicted molar refractivity (Wildman–Crippen MR) is 212 cm³/mol. The van der Waals surface area contributed by atoms with Crippen LogP contribution < -0.4 is 10.6 Å². The van der Waals surface area contributed by atoms with Crippen molar-refractivity contribution < 1.29 is 49.2 Å². The first kappa shape index (κ1) is 41.5. The Morgan fingerprint density at radius 3 is 1.37 bits per heavy atom. The SMILES string of the molecule is Cc1c(CC(=O)NCC(=O)O)c2cc(O)ccc2n1C(=O)c1ccc(Cl)cc1.Cc1c(CC(=O)NCCC(=O)O)c2cc(O)ccc2n1C(=O)c1ccc(Cl)cc1. The number of carboxylic acid groups (broad SMARTS) is 2. The Balaban J connectivity index is 0.000000218. The Morgan fingerprint density at radius 2 is 0.982 bits per heavy atom. The lowest BCUT2D eigenvalue weighted by molar-refractivity contribution is -0.138. The molecule has 0 spiro atoms. The second-order valence-corrected chi connectivity index (χ2v) is 13.7. The number of amides is 2. The third-order valence-electron chi connectivity index (χ3n) is 9.00. The first-order valence-corrected chi connectivity index (χ1v) is 18.0. The molecule has 2 heterocycles. The minimum atomic E-state index is -1.15. The summed E-state index contributed by atoms with van der Waals surface area (Å²) >= 11 is 11.8. The van der Waals surface area contributed by atoms with E-state index in [1.165, 1.54) is 33.4 Å². The Hall–Kier alpha value is -6.64. The zero-order valence-electron chi connectivity index (χ0n) is 30.5. The Labute approximate surface area is 334 Å². The molecule has 57 heavy (non-hydrogen) atoms. The highest BCUT2D eigenvalue weighted by atomic mass is 35.5. The molecule has 0 bridgehead atoms. The van der Waals surface area contributed by atoms with E-state index in [4.69, 9.17) is 33.4 Å². The van der Waals surface area contributed by atoms with Crippen molar-refractivity contribution >= 4 is 80.6 Å². The number of phenols is 2. The Kier molecular flexibility index (Phi) is 13.0. The van der Waals surface area contributed by atoms with E-state index in [9.17, 15) is 39.0 Å². The van der Waals surface area contributed by atoms with Crippen molar-refractivity contribution in [3.63, 3.8) is 0 Å². The van der Waals surface area contributed by atoms with E-state index < -0.39 is 24.4 Å². The van der Waals surface area contributed by atoms with Crippen LogP contribution in [-0.4, -0.2) is 78.2 Å². The monoisotopic (exact) mass is 814 g/mol. The van der Waals surface area contributed by atoms with E-state index in [2.05, 4.69) is 10.6 Å². The van der Waals surface area contributed by atoms with Crippen molar-refractivity contribution in [3.8, 4) is 11.5 Å². The molecule has 4 aromatic carbocycles. The van der Waals surface area contributed by atoms with Crippen molar-refractivity contribution in [1.29, 1.82) is 0 Å². The summed E-state index contributed by atoms with van der Waals surface area (Å²) in [4.78, 5) is 71.9. The summed E-state index contributed by atoms with van der Waals surface area (Å²) in [6.07, 6.45) is -0.353. The summed E-state index contributed by atoms with van der Waals surface area (Å²) in [6, 6.07) is 22.1. The lowest BCUT2D eigenvalue weighted by Gasteiger charge is -2.08. The minimum Gasteiger partial charge on any atom is -0.508 e. The molecular formula is C41H36Cl2N4O10. The van der Waals surface area contributed by atoms with Crippen molar-refractivity contribution in [2.24, 2.45) is 0 Å². The van der Waals surface area contributed by atoms with Crippen molar-refractivity contribution in [2.75, 3.05) is 13.1 Å². The molecule has 0 unspecified atom stereocenters. The fraction of sp³-hybridized carbons (Fsp3) is 0.171. The highest BCUT2D eigenvalue weighted by molar-refractivity contribution is 6.31. The van der Waals surface area contributed by atoms with E-state index >= 15 is 0 Å². The number of carboxylic acids is 2. The van der Waals surface area contributed by atoms with E-state index in [0.717, 1.165) is 0 Å². The number of nitrogens with one attached hydrogen (secondary N) is 2. The summed E-state index contributed by atoms with van der Waals surface area (Å²) in [6.45, 7) is 2.95. The number of phenolic OH excluding ortho intramolecular Hbond substituents is 2. The number of carbonyl (C=O) groups excluding carboxylic acids is 4. The maximum atomic E-state index is 13.1. The van der Waals surface area contributed by atoms with Crippen molar-refractivity contribution in [1.82, 2.24) is 19.8 Å². The molecule has 0 saturated heterocycles. The molecule has 0 radical (unpaired) electrons. The topological polar surface area (TPSA) is 217 Å². The molecule has 0 aliphatic heterocycles. The molecule has 0 fully saturated rings. The molecule has 0 aliphatic rings. The van der Waals surface area contributed by atoms with Gasteiger partial charge in [0.2, 0.25) is 11.8 Å². The van der Waals surface area contributed by atoms with E-state index in [1.54, 1.807) is 74.5 Å². The van der Waals surface area contributed by atoms with Gasteiger partial charge in [0.25, 0.3) is 11.8 Å². The maximum absolute atomic E-state index is 13.1. The number of carbonyl (C=O) groups is 6. The van der Waals surface area contributed by atoms with Crippen LogP contribution >= 0.6 is 23.2 Å². The number of hydrogen-bond acceptors (Lipinski definition) is 8. The molecule has 0 saturated carbocycles. The average molecular weight is 816 g/mol. The van der Waals surface area contributed by atoms with Crippen LogP contribution in [0.1, 0.15) is 49.7 Å². The summed E-state index contributed by atoms with van der Waals surface area (Å²) in [7, 11) is 0. The smallest absolute Gasteiger partial charge is 0.322 e. The molecule has 16 heteroatoms. The van der Waals surface area contributed by atoms with Gasteiger partial charge in [0.05, 0.1) is 30.3 Å². The van der Waals surface area contributed by atoms with E-state index in [-0.39, 0.29) is 55.0 Å². The van der Waals surface area contributed by atoms with Gasteiger partial charge in [-0.25, -0.2) is 0 Å². The van der Waals surface area contributed by atoms with Gasteiger partial charge in [0, 0.05) is 49.9 Å². The second kappa shape index (κ2) is 17.9. The van der Waals surface area contributed by atoms with Gasteiger partial charge >= 0.3 is 11.9 Å². The molecule has 2 aromatic heterocycles. The number of halogens is 2. The molecular weight excluding hydrogens is 779 g/mol. The van der Waals surface area contributed by atoms with Crippen LogP contribution in [-0.2, 0) is 32.0 Å². The van der Waals surface area contributed by atoms with Gasteiger partial charge in [0.15, 0.2) is 0 Å². The summed E-state index contributed by atoms with van der Waals surface area (Å²) in [5.74, 6) is -3.59. The van der Waals surface area contributed by atoms with E-state index in [0.29, 0.717) is 65.5 Å². The molecule has 0 atom stereocenters. The van der Waals surface area contributed by atoms with Crippen LogP contribution in [0.2, 0.25) is 10.0 Å². The number of aromatic nitrogens is 2. The molecule has 6 rings (SSSR count). The Morgan fingerprint density at radius 1 is 0.579 bits per heavy atom. The van der Waals surface area contributed by atoms with Crippen LogP contribution in [0, 0.1) is 13.8 Å². The van der Waals surface area contributed by atoms with Gasteiger partial charge in [-0.2, -0.15) is 0 Å². The largest absolute Gasteiger partial charge is 0.508 e. The summed E-state index contributed by atoms with van der Waals surface area (Å²) in [5.41, 5.74) is 4.18. The second-order valence-electron chi connectivity index (χ2n) is 12.8. The standard InChI is InChI=1S/C21H19ClN2O5.C20H17ClN2O5/c1-12-16(11-19(26)23-9-8-20(27)28)17-10-15(25)6-7-18(17)24(12)21(29)13-2-4-14(22)5-3-13;1-11-15(9-18(25)22-10-19(26)27)16-8-14(24)6-7-17(16)23(11)20(28)12-2-4-13(21)5-3-12/h2-7,10,25H,8-9,11H2,1H3,(H,23,26)(H,27,28);2-8,24H,9-10H2,1H3,(H,22,25)(H,26,27). The molecule has 2 amide bonds. The minimum absolute atomic E-state index is 0.00390. The number of hydrogen-bond donors (Lipinski definition) is 6. The number of nitrogens with zero attached hydrogens (tertiary/aromatic N) is 2. The van der Waals surface area contributed by atoms with Crippen LogP contribution in [0.25, 0.3) is 21.8 Å². The normalized spacial score (nSPS) is 10.8. The van der Waals surface area contributed by atoms with Gasteiger partial charge in [0.1, 0.15) is 18.0 Å². The number of fused-ring (bicyclic) bond motifs is 2. The highest BCUT2D eigenvalue weighted by Gasteiger charge is 2.24. The number of benzene rings is 4. The first-order valence-electron chi connectivity index (χ1n) is 17.3. The van der Waals surface area contributed by atoms with Gasteiger partial charge < -0.3 is 31.1 Å². The fourth-order valence-electron chi connectivity index (χ4n) is 6.28.